The van der Waals surface area contributed by atoms with Gasteiger partial charge in [0.25, 0.3) is 0 Å². The van der Waals surface area contributed by atoms with Crippen molar-refractivity contribution in [3.63, 3.8) is 0 Å². The van der Waals surface area contributed by atoms with Gasteiger partial charge in [0.2, 0.25) is 0 Å². The van der Waals surface area contributed by atoms with Crippen LogP contribution in [0.25, 0.3) is 66.8 Å². The van der Waals surface area contributed by atoms with Crippen LogP contribution < -0.4 is 4.90 Å². The molecule has 0 amide bonds. The molecule has 0 aliphatic heterocycles. The van der Waals surface area contributed by atoms with Crippen molar-refractivity contribution in [1.29, 1.82) is 0 Å². The van der Waals surface area contributed by atoms with Gasteiger partial charge in [-0.1, -0.05) is 188 Å². The fraction of sp³-hybridized carbons (Fsp3) is 0.129. The van der Waals surface area contributed by atoms with E-state index in [0.29, 0.717) is 0 Å². The van der Waals surface area contributed by atoms with Crippen LogP contribution in [-0.2, 0) is 25.7 Å². The Bertz CT molecular complexity index is 2800. The van der Waals surface area contributed by atoms with Gasteiger partial charge in [-0.25, -0.2) is 0 Å². The zero-order valence-corrected chi connectivity index (χ0v) is 35.8. The largest absolute Gasteiger partial charge is 0.310 e. The monoisotopic (exact) mass is 809 g/mol. The van der Waals surface area contributed by atoms with Crippen molar-refractivity contribution in [2.24, 2.45) is 0 Å². The lowest BCUT2D eigenvalue weighted by Crippen LogP contribution is -2.21. The molecule has 0 bridgehead atoms. The zero-order chi connectivity index (χ0) is 42.0. The fourth-order valence-electron chi connectivity index (χ4n) is 10.3. The molecule has 0 fully saturated rings. The standard InChI is InChI=1S/C62H51N/c1-4-14-44(15-5-1)47-24-28-50(29-25-47)52-36-40-55(41-37-52)63(56-42-38-53(39-43-56)51-30-26-48(27-31-51)45-16-6-2-7-17-45)62-59-22-12-10-20-57(59)61(58-21-11-13-23-60(58)62)54-34-32-49(33-35-54)46-18-8-3-9-19-46/h1-9,14-19,24-43H,10-13,20-23H2. The molecule has 0 radical (unpaired) electrons. The smallest absolute Gasteiger partial charge is 0.0531 e. The van der Waals surface area contributed by atoms with Gasteiger partial charge in [-0.3, -0.25) is 0 Å². The van der Waals surface area contributed by atoms with Crippen LogP contribution in [0.3, 0.4) is 0 Å². The SMILES string of the molecule is c1ccc(-c2ccc(-c3ccc(N(c4ccc(-c5ccc(-c6ccccc6)cc5)cc4)c4c5c(c(-c6ccc(-c7ccccc7)cc6)c6c4CCCC6)CCCC5)cc3)cc2)cc1. The molecule has 2 aliphatic rings. The molecule has 1 heteroatoms. The summed E-state index contributed by atoms with van der Waals surface area (Å²) < 4.78 is 0. The minimum atomic E-state index is 1.10. The maximum atomic E-state index is 2.63. The van der Waals surface area contributed by atoms with Gasteiger partial charge in [0, 0.05) is 11.4 Å². The van der Waals surface area contributed by atoms with Crippen molar-refractivity contribution in [3.05, 3.63) is 235 Å². The summed E-state index contributed by atoms with van der Waals surface area (Å²) in [4.78, 5) is 2.63. The Morgan fingerprint density at radius 3 is 0.762 bits per heavy atom. The Kier molecular flexibility index (Phi) is 10.6. The second-order valence-corrected chi connectivity index (χ2v) is 17.3. The number of hydrogen-bond donors (Lipinski definition) is 0. The van der Waals surface area contributed by atoms with Crippen LogP contribution in [0.2, 0.25) is 0 Å². The van der Waals surface area contributed by atoms with Gasteiger partial charge >= 0.3 is 0 Å². The topological polar surface area (TPSA) is 3.24 Å². The van der Waals surface area contributed by atoms with Gasteiger partial charge in [0.1, 0.15) is 0 Å². The Morgan fingerprint density at radius 1 is 0.222 bits per heavy atom. The molecule has 0 aromatic heterocycles. The number of rotatable bonds is 9. The first-order valence-corrected chi connectivity index (χ1v) is 22.9. The quantitative estimate of drug-likeness (QED) is 0.140. The lowest BCUT2D eigenvalue weighted by Gasteiger charge is -2.37. The van der Waals surface area contributed by atoms with Gasteiger partial charge in [0.15, 0.2) is 0 Å². The van der Waals surface area contributed by atoms with E-state index in [0.717, 1.165) is 25.7 Å². The average Bonchev–Trinajstić information content (AvgIpc) is 3.38. The van der Waals surface area contributed by atoms with E-state index in [2.05, 4.69) is 217 Å². The number of anilines is 3. The van der Waals surface area contributed by atoms with Crippen LogP contribution in [0.15, 0.2) is 212 Å². The lowest BCUT2D eigenvalue weighted by atomic mass is 9.75. The molecule has 9 aromatic carbocycles. The van der Waals surface area contributed by atoms with Crippen LogP contribution in [-0.4, -0.2) is 0 Å². The summed E-state index contributed by atoms with van der Waals surface area (Å²) in [5.74, 6) is 0. The summed E-state index contributed by atoms with van der Waals surface area (Å²) in [6, 6.07) is 78.3. The van der Waals surface area contributed by atoms with Crippen LogP contribution in [0.4, 0.5) is 17.1 Å². The first-order valence-electron chi connectivity index (χ1n) is 22.9. The maximum Gasteiger partial charge on any atom is 0.0531 e. The molecule has 304 valence electrons. The number of fused-ring (bicyclic) bond motifs is 2. The molecule has 0 atom stereocenters. The summed E-state index contributed by atoms with van der Waals surface area (Å²) in [6.45, 7) is 0. The van der Waals surface area contributed by atoms with Gasteiger partial charge in [-0.05, 0) is 165 Å². The second kappa shape index (κ2) is 17.3. The second-order valence-electron chi connectivity index (χ2n) is 17.3. The Balaban J connectivity index is 1.02. The molecule has 9 aromatic rings. The summed E-state index contributed by atoms with van der Waals surface area (Å²) in [6.07, 6.45) is 9.34. The third-order valence-electron chi connectivity index (χ3n) is 13.5. The lowest BCUT2D eigenvalue weighted by molar-refractivity contribution is 0.661. The minimum absolute atomic E-state index is 1.10. The molecule has 11 rings (SSSR count). The third-order valence-corrected chi connectivity index (χ3v) is 13.5. The van der Waals surface area contributed by atoms with E-state index in [1.54, 1.807) is 22.3 Å². The minimum Gasteiger partial charge on any atom is -0.310 e. The molecule has 0 saturated heterocycles. The maximum absolute atomic E-state index is 2.63. The van der Waals surface area contributed by atoms with Crippen LogP contribution >= 0.6 is 0 Å². The van der Waals surface area contributed by atoms with E-state index in [4.69, 9.17) is 0 Å². The summed E-state index contributed by atoms with van der Waals surface area (Å²) in [5, 5.41) is 0. The van der Waals surface area contributed by atoms with E-state index >= 15 is 0 Å². The molecule has 1 nitrogen and oxygen atoms in total. The van der Waals surface area contributed by atoms with E-state index in [1.165, 1.54) is 110 Å². The Hall–Kier alpha value is -7.22. The fourth-order valence-corrected chi connectivity index (χ4v) is 10.3. The van der Waals surface area contributed by atoms with E-state index < -0.39 is 0 Å². The van der Waals surface area contributed by atoms with Gasteiger partial charge in [0.05, 0.1) is 5.69 Å². The Labute approximate surface area is 373 Å². The van der Waals surface area contributed by atoms with E-state index in [1.807, 2.05) is 0 Å². The molecule has 0 heterocycles. The van der Waals surface area contributed by atoms with Crippen molar-refractivity contribution in [3.8, 4) is 66.8 Å². The highest BCUT2D eigenvalue weighted by Crippen LogP contribution is 2.50. The summed E-state index contributed by atoms with van der Waals surface area (Å²) in [7, 11) is 0. The van der Waals surface area contributed by atoms with Crippen molar-refractivity contribution < 1.29 is 0 Å². The molecule has 2 aliphatic carbocycles. The third kappa shape index (κ3) is 7.70. The highest BCUT2D eigenvalue weighted by molar-refractivity contribution is 5.89. The van der Waals surface area contributed by atoms with Crippen molar-refractivity contribution in [2.45, 2.75) is 51.4 Å². The van der Waals surface area contributed by atoms with Crippen LogP contribution in [0.5, 0.6) is 0 Å². The molecular weight excluding hydrogens is 759 g/mol. The van der Waals surface area contributed by atoms with Gasteiger partial charge in [-0.2, -0.15) is 0 Å². The molecule has 0 N–H and O–H groups in total. The van der Waals surface area contributed by atoms with Gasteiger partial charge < -0.3 is 4.90 Å². The summed E-state index contributed by atoms with van der Waals surface area (Å²) >= 11 is 0. The number of hydrogen-bond acceptors (Lipinski definition) is 1. The number of benzene rings is 9. The highest BCUT2D eigenvalue weighted by atomic mass is 15.1. The predicted molar refractivity (Wildman–Crippen MR) is 267 cm³/mol. The van der Waals surface area contributed by atoms with E-state index in [9.17, 15) is 0 Å². The van der Waals surface area contributed by atoms with E-state index in [-0.39, 0.29) is 0 Å². The predicted octanol–water partition coefficient (Wildman–Crippen LogP) is 16.9. The number of nitrogens with zero attached hydrogens (tertiary/aromatic N) is 1. The average molecular weight is 810 g/mol. The van der Waals surface area contributed by atoms with Crippen molar-refractivity contribution in [2.75, 3.05) is 4.90 Å². The van der Waals surface area contributed by atoms with Crippen molar-refractivity contribution >= 4 is 17.1 Å². The zero-order valence-electron chi connectivity index (χ0n) is 35.8. The normalized spacial score (nSPS) is 13.2. The highest BCUT2D eigenvalue weighted by Gasteiger charge is 2.31. The first kappa shape index (κ1) is 38.7. The molecule has 0 saturated carbocycles. The Morgan fingerprint density at radius 2 is 0.460 bits per heavy atom. The molecule has 0 spiro atoms. The van der Waals surface area contributed by atoms with Crippen molar-refractivity contribution in [1.82, 2.24) is 0 Å². The first-order chi connectivity index (χ1) is 31.2. The van der Waals surface area contributed by atoms with Gasteiger partial charge in [-0.15, -0.1) is 0 Å². The van der Waals surface area contributed by atoms with Crippen LogP contribution in [0, 0.1) is 0 Å². The molecule has 63 heavy (non-hydrogen) atoms. The molecular formula is C62H51N. The molecule has 0 unspecified atom stereocenters. The summed E-state index contributed by atoms with van der Waals surface area (Å²) in [5.41, 5.74) is 25.4. The van der Waals surface area contributed by atoms with Crippen LogP contribution in [0.1, 0.15) is 47.9 Å².